The molecule has 0 bridgehead atoms. The molecule has 0 spiro atoms. The lowest BCUT2D eigenvalue weighted by Crippen LogP contribution is -2.42. The molecule has 6 heteroatoms. The third-order valence-electron chi connectivity index (χ3n) is 2.83. The van der Waals surface area contributed by atoms with E-state index in [1.165, 1.54) is 0 Å². The van der Waals surface area contributed by atoms with Crippen molar-refractivity contribution in [3.8, 4) is 11.5 Å². The lowest BCUT2D eigenvalue weighted by Gasteiger charge is -2.26. The highest BCUT2D eigenvalue weighted by Crippen LogP contribution is 2.32. The van der Waals surface area contributed by atoms with Crippen LogP contribution in [-0.2, 0) is 0 Å². The number of carbonyl (C=O) groups excluding carboxylic acids is 1. The molecular formula is C13H16N2O3S. The molecule has 1 amide bonds. The second-order valence-corrected chi connectivity index (χ2v) is 5.09. The monoisotopic (exact) mass is 280 g/mol. The number of rotatable bonds is 4. The highest BCUT2D eigenvalue weighted by molar-refractivity contribution is 7.80. The molecule has 1 aliphatic rings. The van der Waals surface area contributed by atoms with Gasteiger partial charge in [0.2, 0.25) is 6.79 Å². The number of amides is 1. The average molecular weight is 280 g/mol. The average Bonchev–Trinajstić information content (AvgIpc) is 2.81. The van der Waals surface area contributed by atoms with E-state index >= 15 is 0 Å². The van der Waals surface area contributed by atoms with Crippen LogP contribution < -0.4 is 15.2 Å². The van der Waals surface area contributed by atoms with Gasteiger partial charge in [-0.3, -0.25) is 4.79 Å². The summed E-state index contributed by atoms with van der Waals surface area (Å²) in [6.45, 7) is 4.29. The Morgan fingerprint density at radius 3 is 2.74 bits per heavy atom. The number of carbonyl (C=O) groups is 1. The van der Waals surface area contributed by atoms with Crippen LogP contribution in [0.15, 0.2) is 18.2 Å². The third kappa shape index (κ3) is 2.96. The van der Waals surface area contributed by atoms with Gasteiger partial charge in [-0.25, -0.2) is 0 Å². The van der Waals surface area contributed by atoms with Crippen LogP contribution >= 0.6 is 12.2 Å². The zero-order chi connectivity index (χ0) is 14.0. The SMILES string of the molecule is CC(C)N(CC(N)=S)C(=O)c1ccc2c(c1)OCO2. The molecular weight excluding hydrogens is 264 g/mol. The molecule has 102 valence electrons. The van der Waals surface area contributed by atoms with E-state index < -0.39 is 0 Å². The Balaban J connectivity index is 2.24. The highest BCUT2D eigenvalue weighted by Gasteiger charge is 2.22. The van der Waals surface area contributed by atoms with E-state index in [9.17, 15) is 4.79 Å². The molecule has 5 nitrogen and oxygen atoms in total. The second-order valence-electron chi connectivity index (χ2n) is 4.56. The molecule has 19 heavy (non-hydrogen) atoms. The number of benzene rings is 1. The number of hydrogen-bond acceptors (Lipinski definition) is 4. The van der Waals surface area contributed by atoms with Crippen molar-refractivity contribution >= 4 is 23.1 Å². The van der Waals surface area contributed by atoms with Gasteiger partial charge in [-0.1, -0.05) is 12.2 Å². The van der Waals surface area contributed by atoms with Gasteiger partial charge in [0.25, 0.3) is 5.91 Å². The van der Waals surface area contributed by atoms with Crippen LogP contribution in [-0.4, -0.2) is 35.2 Å². The number of hydrogen-bond donors (Lipinski definition) is 1. The summed E-state index contributed by atoms with van der Waals surface area (Å²) in [5.74, 6) is 1.12. The first-order chi connectivity index (χ1) is 8.99. The Hall–Kier alpha value is -1.82. The number of fused-ring (bicyclic) bond motifs is 1. The standard InChI is InChI=1S/C13H16N2O3S/c1-8(2)15(6-12(14)19)13(16)9-3-4-10-11(5-9)18-7-17-10/h3-5,8H,6-7H2,1-2H3,(H2,14,19). The maximum atomic E-state index is 12.4. The minimum absolute atomic E-state index is 0.0134. The molecule has 1 aliphatic heterocycles. The summed E-state index contributed by atoms with van der Waals surface area (Å²) >= 11 is 4.88. The molecule has 2 N–H and O–H groups in total. The Morgan fingerprint density at radius 1 is 1.42 bits per heavy atom. The molecule has 0 unspecified atom stereocenters. The van der Waals surface area contributed by atoms with E-state index in [1.54, 1.807) is 23.1 Å². The number of nitrogens with two attached hydrogens (primary N) is 1. The van der Waals surface area contributed by atoms with Crippen molar-refractivity contribution < 1.29 is 14.3 Å². The summed E-state index contributed by atoms with van der Waals surface area (Å²) in [6.07, 6.45) is 0. The van der Waals surface area contributed by atoms with Crippen LogP contribution in [0.5, 0.6) is 11.5 Å². The van der Waals surface area contributed by atoms with E-state index in [-0.39, 0.29) is 25.3 Å². The van der Waals surface area contributed by atoms with Crippen molar-refractivity contribution in [2.75, 3.05) is 13.3 Å². The van der Waals surface area contributed by atoms with Crippen molar-refractivity contribution in [3.05, 3.63) is 23.8 Å². The Morgan fingerprint density at radius 2 is 2.11 bits per heavy atom. The molecule has 1 heterocycles. The highest BCUT2D eigenvalue weighted by atomic mass is 32.1. The predicted molar refractivity (Wildman–Crippen MR) is 75.5 cm³/mol. The first-order valence-electron chi connectivity index (χ1n) is 5.98. The van der Waals surface area contributed by atoms with Gasteiger partial charge in [0.1, 0.15) is 0 Å². The lowest BCUT2D eigenvalue weighted by atomic mass is 10.1. The summed E-state index contributed by atoms with van der Waals surface area (Å²) < 4.78 is 10.5. The van der Waals surface area contributed by atoms with E-state index in [2.05, 4.69) is 0 Å². The van der Waals surface area contributed by atoms with Crippen LogP contribution in [0, 0.1) is 0 Å². The second kappa shape index (κ2) is 5.44. The molecule has 0 fully saturated rings. The summed E-state index contributed by atoms with van der Waals surface area (Å²) in [5.41, 5.74) is 6.07. The van der Waals surface area contributed by atoms with E-state index in [0.29, 0.717) is 22.1 Å². The van der Waals surface area contributed by atoms with Crippen LogP contribution in [0.4, 0.5) is 0 Å². The minimum atomic E-state index is -0.124. The Kier molecular flexibility index (Phi) is 3.90. The smallest absolute Gasteiger partial charge is 0.254 e. The van der Waals surface area contributed by atoms with Crippen LogP contribution in [0.3, 0.4) is 0 Å². The molecule has 2 rings (SSSR count). The molecule has 0 aliphatic carbocycles. The molecule has 1 aromatic carbocycles. The van der Waals surface area contributed by atoms with Crippen molar-refractivity contribution in [1.29, 1.82) is 0 Å². The van der Waals surface area contributed by atoms with Gasteiger partial charge >= 0.3 is 0 Å². The minimum Gasteiger partial charge on any atom is -0.454 e. The summed E-state index contributed by atoms with van der Waals surface area (Å²) in [4.78, 5) is 14.4. The van der Waals surface area contributed by atoms with Crippen LogP contribution in [0.1, 0.15) is 24.2 Å². The van der Waals surface area contributed by atoms with Crippen LogP contribution in [0.25, 0.3) is 0 Å². The van der Waals surface area contributed by atoms with Gasteiger partial charge in [0.15, 0.2) is 11.5 Å². The van der Waals surface area contributed by atoms with E-state index in [4.69, 9.17) is 27.4 Å². The molecule has 0 radical (unpaired) electrons. The van der Waals surface area contributed by atoms with Gasteiger partial charge in [-0.05, 0) is 32.0 Å². The molecule has 0 saturated heterocycles. The molecule has 0 saturated carbocycles. The maximum absolute atomic E-state index is 12.4. The van der Waals surface area contributed by atoms with Crippen LogP contribution in [0.2, 0.25) is 0 Å². The largest absolute Gasteiger partial charge is 0.454 e. The summed E-state index contributed by atoms with van der Waals surface area (Å²) in [6, 6.07) is 5.14. The predicted octanol–water partition coefficient (Wildman–Crippen LogP) is 1.55. The van der Waals surface area contributed by atoms with Crippen molar-refractivity contribution in [2.24, 2.45) is 5.73 Å². The van der Waals surface area contributed by atoms with E-state index in [1.807, 2.05) is 13.8 Å². The van der Waals surface area contributed by atoms with Gasteiger partial charge in [0.05, 0.1) is 11.5 Å². The quantitative estimate of drug-likeness (QED) is 0.848. The van der Waals surface area contributed by atoms with E-state index in [0.717, 1.165) is 0 Å². The van der Waals surface area contributed by atoms with Gasteiger partial charge in [-0.2, -0.15) is 0 Å². The summed E-state index contributed by atoms with van der Waals surface area (Å²) in [7, 11) is 0. The lowest BCUT2D eigenvalue weighted by molar-refractivity contribution is 0.0735. The fourth-order valence-electron chi connectivity index (χ4n) is 1.85. The fraction of sp³-hybridized carbons (Fsp3) is 0.385. The molecule has 0 atom stereocenters. The topological polar surface area (TPSA) is 64.8 Å². The zero-order valence-corrected chi connectivity index (χ0v) is 11.7. The maximum Gasteiger partial charge on any atom is 0.254 e. The Bertz CT molecular complexity index is 517. The zero-order valence-electron chi connectivity index (χ0n) is 10.9. The number of ether oxygens (including phenoxy) is 2. The number of nitrogens with zero attached hydrogens (tertiary/aromatic N) is 1. The summed E-state index contributed by atoms with van der Waals surface area (Å²) in [5, 5.41) is 0. The van der Waals surface area contributed by atoms with Crippen molar-refractivity contribution in [3.63, 3.8) is 0 Å². The normalized spacial score (nSPS) is 12.6. The number of thiocarbonyl (C=S) groups is 1. The van der Waals surface area contributed by atoms with Crippen molar-refractivity contribution in [2.45, 2.75) is 19.9 Å². The third-order valence-corrected chi connectivity index (χ3v) is 2.96. The Labute approximate surface area is 117 Å². The first-order valence-corrected chi connectivity index (χ1v) is 6.39. The van der Waals surface area contributed by atoms with Gasteiger partial charge < -0.3 is 20.1 Å². The van der Waals surface area contributed by atoms with Gasteiger partial charge in [-0.15, -0.1) is 0 Å². The molecule has 1 aromatic rings. The molecule has 0 aromatic heterocycles. The van der Waals surface area contributed by atoms with Crippen molar-refractivity contribution in [1.82, 2.24) is 4.90 Å². The van der Waals surface area contributed by atoms with Gasteiger partial charge in [0, 0.05) is 11.6 Å². The first kappa shape index (κ1) is 13.6. The fourth-order valence-corrected chi connectivity index (χ4v) is 1.99.